The highest BCUT2D eigenvalue weighted by molar-refractivity contribution is 7.89. The van der Waals surface area contributed by atoms with Crippen molar-refractivity contribution < 1.29 is 13.2 Å². The van der Waals surface area contributed by atoms with Gasteiger partial charge in [-0.25, -0.2) is 13.6 Å². The lowest BCUT2D eigenvalue weighted by Crippen LogP contribution is -2.37. The molecule has 0 aliphatic carbocycles. The van der Waals surface area contributed by atoms with Gasteiger partial charge in [-0.15, -0.1) is 0 Å². The largest absolute Gasteiger partial charge is 0.310 e. The van der Waals surface area contributed by atoms with E-state index in [1.54, 1.807) is 21.7 Å². The van der Waals surface area contributed by atoms with Gasteiger partial charge >= 0.3 is 0 Å². The summed E-state index contributed by atoms with van der Waals surface area (Å²) in [6, 6.07) is 6.29. The van der Waals surface area contributed by atoms with Crippen LogP contribution < -0.4 is 10.0 Å². The molecule has 0 radical (unpaired) electrons. The number of anilines is 1. The summed E-state index contributed by atoms with van der Waals surface area (Å²) in [6.45, 7) is 6.44. The number of hydrogen-bond acceptors (Lipinski definition) is 4. The van der Waals surface area contributed by atoms with E-state index >= 15 is 0 Å². The van der Waals surface area contributed by atoms with E-state index in [2.05, 4.69) is 5.10 Å². The Labute approximate surface area is 153 Å². The Bertz CT molecular complexity index is 949. The summed E-state index contributed by atoms with van der Waals surface area (Å²) in [5.41, 5.74) is 3.42. The molecule has 0 saturated carbocycles. The van der Waals surface area contributed by atoms with Crippen molar-refractivity contribution in [3.63, 3.8) is 0 Å². The zero-order valence-corrected chi connectivity index (χ0v) is 16.1. The molecule has 2 heterocycles. The van der Waals surface area contributed by atoms with Gasteiger partial charge in [-0.2, -0.15) is 5.10 Å². The SMILES string of the molecule is CCCC(C(=O)N1CCc2cc(S(N)(=O)=O)ccc21)n1nc(C)cc1C. The number of fused-ring (bicyclic) bond motifs is 1. The number of benzene rings is 1. The van der Waals surface area contributed by atoms with Crippen molar-refractivity contribution in [2.75, 3.05) is 11.4 Å². The molecule has 1 unspecified atom stereocenters. The number of nitrogens with two attached hydrogens (primary N) is 1. The molecule has 0 bridgehead atoms. The third-order valence-corrected chi connectivity index (χ3v) is 5.64. The number of aryl methyl sites for hydroxylation is 2. The minimum atomic E-state index is -3.75. The number of sulfonamides is 1. The van der Waals surface area contributed by atoms with Crippen molar-refractivity contribution >= 4 is 21.6 Å². The van der Waals surface area contributed by atoms with Crippen molar-refractivity contribution in [3.8, 4) is 0 Å². The Morgan fingerprint density at radius 1 is 1.31 bits per heavy atom. The van der Waals surface area contributed by atoms with Crippen LogP contribution >= 0.6 is 0 Å². The summed E-state index contributed by atoms with van der Waals surface area (Å²) in [5, 5.41) is 9.71. The van der Waals surface area contributed by atoms with Gasteiger partial charge in [0, 0.05) is 17.9 Å². The van der Waals surface area contributed by atoms with Crippen molar-refractivity contribution in [1.29, 1.82) is 0 Å². The first-order valence-corrected chi connectivity index (χ1v) is 10.3. The molecule has 0 spiro atoms. The maximum absolute atomic E-state index is 13.3. The van der Waals surface area contributed by atoms with Gasteiger partial charge < -0.3 is 4.90 Å². The van der Waals surface area contributed by atoms with Crippen LogP contribution in [0.5, 0.6) is 0 Å². The summed E-state index contributed by atoms with van der Waals surface area (Å²) >= 11 is 0. The van der Waals surface area contributed by atoms with Crippen LogP contribution in [0.15, 0.2) is 29.2 Å². The van der Waals surface area contributed by atoms with Gasteiger partial charge in [-0.3, -0.25) is 9.48 Å². The molecule has 1 aliphatic heterocycles. The average molecular weight is 376 g/mol. The van der Waals surface area contributed by atoms with E-state index in [0.717, 1.165) is 29.1 Å². The van der Waals surface area contributed by atoms with E-state index in [-0.39, 0.29) is 16.8 Å². The topological polar surface area (TPSA) is 98.3 Å². The molecule has 26 heavy (non-hydrogen) atoms. The maximum atomic E-state index is 13.3. The smallest absolute Gasteiger partial charge is 0.251 e. The molecular formula is C18H24N4O3S. The van der Waals surface area contributed by atoms with Crippen molar-refractivity contribution in [3.05, 3.63) is 41.2 Å². The number of amides is 1. The monoisotopic (exact) mass is 376 g/mol. The Morgan fingerprint density at radius 2 is 2.04 bits per heavy atom. The van der Waals surface area contributed by atoms with Gasteiger partial charge in [0.15, 0.2) is 0 Å². The van der Waals surface area contributed by atoms with Crippen molar-refractivity contribution in [2.24, 2.45) is 5.14 Å². The molecule has 1 atom stereocenters. The third-order valence-electron chi connectivity index (χ3n) is 4.73. The molecule has 1 amide bonds. The van der Waals surface area contributed by atoms with E-state index in [1.165, 1.54) is 6.07 Å². The molecule has 8 heteroatoms. The normalized spacial score (nSPS) is 15.2. The predicted octanol–water partition coefficient (Wildman–Crippen LogP) is 2.08. The van der Waals surface area contributed by atoms with Crippen LogP contribution in [0.1, 0.15) is 42.8 Å². The van der Waals surface area contributed by atoms with Gasteiger partial charge in [-0.1, -0.05) is 13.3 Å². The molecule has 0 fully saturated rings. The van der Waals surface area contributed by atoms with Crippen LogP contribution in [0, 0.1) is 13.8 Å². The molecule has 1 aromatic heterocycles. The molecule has 1 aromatic carbocycles. The van der Waals surface area contributed by atoms with Crippen molar-refractivity contribution in [2.45, 2.75) is 51.0 Å². The highest BCUT2D eigenvalue weighted by atomic mass is 32.2. The molecule has 2 aromatic rings. The van der Waals surface area contributed by atoms with Gasteiger partial charge in [0.2, 0.25) is 10.0 Å². The van der Waals surface area contributed by atoms with Crippen LogP contribution in [0.25, 0.3) is 0 Å². The molecule has 140 valence electrons. The summed E-state index contributed by atoms with van der Waals surface area (Å²) in [5.74, 6) is -0.0137. The molecule has 0 saturated heterocycles. The van der Waals surface area contributed by atoms with E-state index in [4.69, 9.17) is 5.14 Å². The lowest BCUT2D eigenvalue weighted by Gasteiger charge is -2.25. The number of hydrogen-bond donors (Lipinski definition) is 1. The first-order valence-electron chi connectivity index (χ1n) is 8.72. The Morgan fingerprint density at radius 3 is 2.62 bits per heavy atom. The molecular weight excluding hydrogens is 352 g/mol. The first kappa shape index (κ1) is 18.6. The lowest BCUT2D eigenvalue weighted by atomic mass is 10.1. The van der Waals surface area contributed by atoms with Crippen LogP contribution in [-0.4, -0.2) is 30.7 Å². The highest BCUT2D eigenvalue weighted by Gasteiger charge is 2.32. The van der Waals surface area contributed by atoms with Crippen LogP contribution in [0.3, 0.4) is 0 Å². The lowest BCUT2D eigenvalue weighted by molar-refractivity contribution is -0.122. The predicted molar refractivity (Wildman–Crippen MR) is 99.5 cm³/mol. The quantitative estimate of drug-likeness (QED) is 0.864. The number of aromatic nitrogens is 2. The van der Waals surface area contributed by atoms with Crippen LogP contribution in [-0.2, 0) is 21.2 Å². The Hall–Kier alpha value is -2.19. The summed E-state index contributed by atoms with van der Waals surface area (Å²) in [4.78, 5) is 15.1. The number of primary sulfonamides is 1. The number of nitrogens with zero attached hydrogens (tertiary/aromatic N) is 3. The minimum absolute atomic E-state index is 0.0137. The van der Waals surface area contributed by atoms with Gasteiger partial charge in [0.25, 0.3) is 5.91 Å². The summed E-state index contributed by atoms with van der Waals surface area (Å²) < 4.78 is 24.9. The maximum Gasteiger partial charge on any atom is 0.251 e. The Kier molecular flexibility index (Phi) is 4.90. The fourth-order valence-corrected chi connectivity index (χ4v) is 4.11. The van der Waals surface area contributed by atoms with E-state index in [1.807, 2.05) is 26.8 Å². The van der Waals surface area contributed by atoms with Gasteiger partial charge in [0.1, 0.15) is 6.04 Å². The van der Waals surface area contributed by atoms with Gasteiger partial charge in [0.05, 0.1) is 10.6 Å². The van der Waals surface area contributed by atoms with E-state index < -0.39 is 10.0 Å². The molecule has 2 N–H and O–H groups in total. The molecule has 3 rings (SSSR count). The fourth-order valence-electron chi connectivity index (χ4n) is 3.55. The first-order chi connectivity index (χ1) is 12.2. The molecule has 7 nitrogen and oxygen atoms in total. The van der Waals surface area contributed by atoms with E-state index in [9.17, 15) is 13.2 Å². The second-order valence-electron chi connectivity index (χ2n) is 6.75. The van der Waals surface area contributed by atoms with Crippen LogP contribution in [0.2, 0.25) is 0 Å². The van der Waals surface area contributed by atoms with Crippen LogP contribution in [0.4, 0.5) is 5.69 Å². The zero-order chi connectivity index (χ0) is 19.1. The minimum Gasteiger partial charge on any atom is -0.310 e. The average Bonchev–Trinajstić information content (AvgIpc) is 3.13. The molecule has 1 aliphatic rings. The van der Waals surface area contributed by atoms with Gasteiger partial charge in [-0.05, 0) is 56.5 Å². The number of carbonyl (C=O) groups excluding carboxylic acids is 1. The van der Waals surface area contributed by atoms with Crippen molar-refractivity contribution in [1.82, 2.24) is 9.78 Å². The second-order valence-corrected chi connectivity index (χ2v) is 8.31. The number of carbonyl (C=O) groups is 1. The summed E-state index contributed by atoms with van der Waals surface area (Å²) in [7, 11) is -3.75. The third kappa shape index (κ3) is 3.39. The fraction of sp³-hybridized carbons (Fsp3) is 0.444. The zero-order valence-electron chi connectivity index (χ0n) is 15.3. The summed E-state index contributed by atoms with van der Waals surface area (Å²) in [6.07, 6.45) is 2.17. The standard InChI is InChI=1S/C18H24N4O3S/c1-4-5-17(22-13(3)10-12(2)20-22)18(23)21-9-8-14-11-15(26(19,24)25)6-7-16(14)21/h6-7,10-11,17H,4-5,8-9H2,1-3H3,(H2,19,24,25). The number of rotatable bonds is 5. The highest BCUT2D eigenvalue weighted by Crippen LogP contribution is 2.32. The Balaban J connectivity index is 1.95. The second kappa shape index (κ2) is 6.85. The van der Waals surface area contributed by atoms with E-state index in [0.29, 0.717) is 19.4 Å².